The number of hydrogen-bond donors (Lipinski definition) is 0. The van der Waals surface area contributed by atoms with E-state index < -0.39 is 32.3 Å². The standard InChI is InChI=1S/4C8H13Si.2C2H6Si.2ClH.2Zr/c4*1-9(2,3)8-6-4-5-7-8;2*1-3-2;;;;/h4*4,6H,5H2,1-3H3;2*1-2H3;2*1H;;/q4*-1;;;;;2*+2/p-2. The normalized spacial score (nSPS) is 15.6. The molecular formula is C36H64Cl2Si6Zr2-2. The van der Waals surface area contributed by atoms with Gasteiger partial charge in [0.1, 0.15) is 0 Å². The van der Waals surface area contributed by atoms with Crippen LogP contribution >= 0.6 is 0 Å². The van der Waals surface area contributed by atoms with Crippen LogP contribution in [0.15, 0.2) is 69.4 Å². The molecule has 46 heavy (non-hydrogen) atoms. The van der Waals surface area contributed by atoms with Gasteiger partial charge in [-0.3, -0.25) is 24.3 Å². The van der Waals surface area contributed by atoms with E-state index in [0.29, 0.717) is 0 Å². The van der Waals surface area contributed by atoms with E-state index >= 15 is 0 Å². The molecule has 0 radical (unpaired) electrons. The Morgan fingerprint density at radius 1 is 0.413 bits per heavy atom. The fraction of sp³-hybridized carbons (Fsp3) is 0.556. The van der Waals surface area contributed by atoms with Crippen molar-refractivity contribution in [3.63, 3.8) is 0 Å². The molecule has 0 N–H and O–H groups in total. The summed E-state index contributed by atoms with van der Waals surface area (Å²) in [5, 5.41) is 5.95. The Bertz CT molecular complexity index is 983. The van der Waals surface area contributed by atoms with Crippen LogP contribution < -0.4 is 24.8 Å². The van der Waals surface area contributed by atoms with E-state index in [2.05, 4.69) is 178 Å². The van der Waals surface area contributed by atoms with Crippen LogP contribution in [-0.4, -0.2) is 43.2 Å². The van der Waals surface area contributed by atoms with Crippen LogP contribution in [0.3, 0.4) is 0 Å². The van der Waals surface area contributed by atoms with E-state index in [0.717, 1.165) is 25.7 Å². The van der Waals surface area contributed by atoms with Crippen molar-refractivity contribution in [3.8, 4) is 0 Å². The van der Waals surface area contributed by atoms with Gasteiger partial charge in [0.05, 0.1) is 0 Å². The van der Waals surface area contributed by atoms with Gasteiger partial charge in [-0.15, -0.1) is 25.7 Å². The van der Waals surface area contributed by atoms with Gasteiger partial charge in [0.2, 0.25) is 0 Å². The van der Waals surface area contributed by atoms with Crippen LogP contribution in [-0.2, 0) is 46.7 Å². The number of rotatable bonds is 4. The van der Waals surface area contributed by atoms with Crippen LogP contribution in [0, 0.1) is 24.3 Å². The third-order valence-corrected chi connectivity index (χ3v) is 13.8. The molecule has 0 aromatic carbocycles. The van der Waals surface area contributed by atoms with Crippen LogP contribution in [0.5, 0.6) is 0 Å². The van der Waals surface area contributed by atoms with Crippen LogP contribution in [0.1, 0.15) is 25.7 Å². The molecule has 0 fully saturated rings. The fourth-order valence-electron chi connectivity index (χ4n) is 3.68. The largest absolute Gasteiger partial charge is 1.00 e. The number of hydrogen-bond acceptors (Lipinski definition) is 0. The van der Waals surface area contributed by atoms with Gasteiger partial charge in [-0.25, -0.2) is 45.1 Å². The summed E-state index contributed by atoms with van der Waals surface area (Å²) < 4.78 is 0. The Morgan fingerprint density at radius 3 is 0.587 bits per heavy atom. The molecule has 0 amide bonds. The van der Waals surface area contributed by atoms with Gasteiger partial charge in [0, 0.05) is 32.3 Å². The number of allylic oxidation sites excluding steroid dienone is 16. The van der Waals surface area contributed by atoms with Crippen molar-refractivity contribution in [3.05, 3.63) is 93.7 Å². The summed E-state index contributed by atoms with van der Waals surface area (Å²) in [6.07, 6.45) is 35.3. The Morgan fingerprint density at radius 2 is 0.543 bits per heavy atom. The number of halogens is 2. The minimum absolute atomic E-state index is 0. The maximum absolute atomic E-state index is 3.36. The first-order valence-electron chi connectivity index (χ1n) is 16.0. The van der Waals surface area contributed by atoms with Gasteiger partial charge in [0.25, 0.3) is 0 Å². The van der Waals surface area contributed by atoms with E-state index in [1.807, 2.05) is 0 Å². The summed E-state index contributed by atoms with van der Waals surface area (Å²) in [5.41, 5.74) is 0.421. The average Bonchev–Trinajstić information content (AvgIpc) is 3.64. The third-order valence-electron chi connectivity index (χ3n) is 6.01. The van der Waals surface area contributed by atoms with Crippen molar-refractivity contribution in [2.45, 2.75) is 130 Å². The van der Waals surface area contributed by atoms with Gasteiger partial charge in [-0.05, 0) is 0 Å². The second kappa shape index (κ2) is 27.3. The molecule has 0 unspecified atom stereocenters. The second-order valence-corrected chi connectivity index (χ2v) is 54.7. The molecule has 0 spiro atoms. The van der Waals surface area contributed by atoms with Crippen molar-refractivity contribution in [1.29, 1.82) is 0 Å². The summed E-state index contributed by atoms with van der Waals surface area (Å²) in [7, 11) is -4.02. The average molecular weight is 919 g/mol. The van der Waals surface area contributed by atoms with Gasteiger partial charge < -0.3 is 24.8 Å². The second-order valence-electron chi connectivity index (χ2n) is 15.8. The van der Waals surface area contributed by atoms with E-state index in [1.165, 1.54) is 20.8 Å². The van der Waals surface area contributed by atoms with Gasteiger partial charge >= 0.3 is 83.7 Å². The first kappa shape index (κ1) is 54.3. The van der Waals surface area contributed by atoms with Gasteiger partial charge in [-0.2, -0.15) is 24.3 Å². The molecule has 0 nitrogen and oxygen atoms in total. The van der Waals surface area contributed by atoms with Gasteiger partial charge in [-0.1, -0.05) is 78.6 Å². The van der Waals surface area contributed by atoms with E-state index in [1.54, 1.807) is 46.7 Å². The predicted octanol–water partition coefficient (Wildman–Crippen LogP) is 5.79. The quantitative estimate of drug-likeness (QED) is 0.248. The zero-order valence-electron chi connectivity index (χ0n) is 32.2. The summed E-state index contributed by atoms with van der Waals surface area (Å²) in [6.45, 7) is 37.5. The molecule has 4 rings (SSSR count). The fourth-order valence-corrected chi connectivity index (χ4v) is 8.68. The van der Waals surface area contributed by atoms with Crippen LogP contribution in [0.2, 0.25) is 105 Å². The molecule has 10 heteroatoms. The molecule has 0 bridgehead atoms. The zero-order chi connectivity index (χ0) is 34.8. The van der Waals surface area contributed by atoms with Crippen molar-refractivity contribution >= 4 is 43.2 Å². The third kappa shape index (κ3) is 31.5. The molecule has 256 valence electrons. The van der Waals surface area contributed by atoms with E-state index in [-0.39, 0.29) is 35.7 Å². The summed E-state index contributed by atoms with van der Waals surface area (Å²) >= 11 is 3.48. The minimum Gasteiger partial charge on any atom is -1.00 e. The maximum atomic E-state index is 3.36. The minimum atomic E-state index is -1.01. The first-order chi connectivity index (χ1) is 19.9. The molecule has 0 aliphatic heterocycles. The topological polar surface area (TPSA) is 0 Å². The van der Waals surface area contributed by atoms with Crippen molar-refractivity contribution in [1.82, 2.24) is 0 Å². The molecular weight excluding hydrogens is 854 g/mol. The van der Waals surface area contributed by atoms with E-state index in [9.17, 15) is 0 Å². The Labute approximate surface area is 335 Å². The molecule has 0 aromatic rings. The van der Waals surface area contributed by atoms with E-state index in [4.69, 9.17) is 0 Å². The van der Waals surface area contributed by atoms with Crippen LogP contribution in [0.4, 0.5) is 0 Å². The first-order valence-corrected chi connectivity index (χ1v) is 42.4. The van der Waals surface area contributed by atoms with Crippen molar-refractivity contribution in [2.24, 2.45) is 0 Å². The zero-order valence-corrected chi connectivity index (χ0v) is 44.6. The summed E-state index contributed by atoms with van der Waals surface area (Å²) in [6, 6.07) is 0. The molecule has 0 saturated heterocycles. The smallest absolute Gasteiger partial charge is 1.00 e. The maximum Gasteiger partial charge on any atom is -1.00 e. The Balaban J connectivity index is -0.000000234. The molecule has 0 heterocycles. The van der Waals surface area contributed by atoms with Crippen molar-refractivity contribution < 1.29 is 71.5 Å². The summed E-state index contributed by atoms with van der Waals surface area (Å²) in [4.78, 5) is 0. The molecule has 4 aliphatic carbocycles. The molecule has 0 atom stereocenters. The Kier molecular flexibility index (Phi) is 32.2. The molecule has 4 aliphatic rings. The summed E-state index contributed by atoms with van der Waals surface area (Å²) in [5.74, 6) is 0. The van der Waals surface area contributed by atoms with Gasteiger partial charge in [0.15, 0.2) is 0 Å². The SMILES string of the molecule is C[Si](C)(C)C1=[C-]CC=C1.C[Si](C)(C)C1=[C-]CC=C1.C[Si](C)(C)C1=[C-]CC=C1.C[Si](C)(C)C1=[C-]CC=C1.C[Si](C)=[Zr+2].C[Si](C)=[Zr+2].[Cl-].[Cl-]. The van der Waals surface area contributed by atoms with Crippen LogP contribution in [0.25, 0.3) is 0 Å². The molecule has 0 saturated carbocycles. The monoisotopic (exact) mass is 914 g/mol. The Hall–Kier alpha value is 1.57. The van der Waals surface area contributed by atoms with Crippen molar-refractivity contribution in [2.75, 3.05) is 0 Å². The predicted molar refractivity (Wildman–Crippen MR) is 210 cm³/mol. The molecule has 0 aromatic heterocycles.